The minimum atomic E-state index is -4.71. The Hall–Kier alpha value is -1.87. The molecule has 1 heterocycles. The third-order valence-electron chi connectivity index (χ3n) is 2.47. The molecular weight excluding hydrogens is 281 g/mol. The van der Waals surface area contributed by atoms with Crippen LogP contribution >= 0.6 is 0 Å². The zero-order chi connectivity index (χ0) is 15.3. The predicted octanol–water partition coefficient (Wildman–Crippen LogP) is -0.180. The van der Waals surface area contributed by atoms with Crippen LogP contribution in [0.4, 0.5) is 13.2 Å². The van der Waals surface area contributed by atoms with Gasteiger partial charge >= 0.3 is 6.18 Å². The Kier molecular flexibility index (Phi) is 5.28. The van der Waals surface area contributed by atoms with Crippen LogP contribution in [-0.4, -0.2) is 52.3 Å². The molecule has 0 unspecified atom stereocenters. The Morgan fingerprint density at radius 1 is 1.20 bits per heavy atom. The molecule has 0 saturated carbocycles. The molecule has 0 aliphatic rings. The second-order valence-electron chi connectivity index (χ2n) is 3.85. The highest BCUT2D eigenvalue weighted by Crippen LogP contribution is 2.26. The largest absolute Gasteiger partial charge is 0.431 e. The van der Waals surface area contributed by atoms with Crippen molar-refractivity contribution in [3.8, 4) is 0 Å². The average Bonchev–Trinajstić information content (AvgIpc) is 2.36. The fourth-order valence-corrected chi connectivity index (χ4v) is 1.53. The van der Waals surface area contributed by atoms with Gasteiger partial charge in [-0.05, 0) is 12.1 Å². The van der Waals surface area contributed by atoms with Crippen LogP contribution in [0.25, 0.3) is 0 Å². The van der Waals surface area contributed by atoms with Crippen LogP contribution in [0.3, 0.4) is 0 Å². The van der Waals surface area contributed by atoms with E-state index in [4.69, 9.17) is 10.2 Å². The molecule has 0 bridgehead atoms. The molecule has 0 atom stereocenters. The molecule has 0 aromatic carbocycles. The van der Waals surface area contributed by atoms with E-state index in [2.05, 4.69) is 0 Å². The van der Waals surface area contributed by atoms with Gasteiger partial charge in [-0.1, -0.05) is 0 Å². The Morgan fingerprint density at radius 2 is 1.75 bits per heavy atom. The molecule has 3 N–H and O–H groups in total. The van der Waals surface area contributed by atoms with E-state index in [1.165, 1.54) is 0 Å². The van der Waals surface area contributed by atoms with E-state index in [0.717, 1.165) is 11.0 Å². The van der Waals surface area contributed by atoms with E-state index in [1.807, 2.05) is 0 Å². The highest BCUT2D eigenvalue weighted by Gasteiger charge is 2.32. The van der Waals surface area contributed by atoms with E-state index >= 15 is 0 Å². The summed E-state index contributed by atoms with van der Waals surface area (Å²) in [5, 5.41) is 17.5. The molecule has 20 heavy (non-hydrogen) atoms. The number of hydrogen-bond donors (Lipinski definition) is 3. The van der Waals surface area contributed by atoms with Gasteiger partial charge in [0.15, 0.2) is 0 Å². The van der Waals surface area contributed by atoms with Crippen molar-refractivity contribution < 1.29 is 28.2 Å². The monoisotopic (exact) mass is 294 g/mol. The number of nitrogens with one attached hydrogen (secondary N) is 1. The lowest BCUT2D eigenvalue weighted by Crippen LogP contribution is -2.38. The Balaban J connectivity index is 3.07. The van der Waals surface area contributed by atoms with Crippen LogP contribution in [0.2, 0.25) is 0 Å². The Morgan fingerprint density at radius 3 is 2.15 bits per heavy atom. The second kappa shape index (κ2) is 6.53. The van der Waals surface area contributed by atoms with Crippen LogP contribution in [0, 0.1) is 0 Å². The number of H-pyrrole nitrogens is 1. The summed E-state index contributed by atoms with van der Waals surface area (Å²) in [6.07, 6.45) is -4.71. The number of pyridine rings is 1. The van der Waals surface area contributed by atoms with Crippen molar-refractivity contribution in [2.24, 2.45) is 0 Å². The van der Waals surface area contributed by atoms with Gasteiger partial charge in [-0.2, -0.15) is 13.2 Å². The van der Waals surface area contributed by atoms with E-state index in [9.17, 15) is 22.8 Å². The van der Waals surface area contributed by atoms with E-state index in [1.54, 1.807) is 4.98 Å². The SMILES string of the molecule is O=C(c1ccc(C(F)(F)F)[nH]c1=O)N(CCO)CCO. The summed E-state index contributed by atoms with van der Waals surface area (Å²) in [6.45, 7) is -1.08. The van der Waals surface area contributed by atoms with Crippen LogP contribution < -0.4 is 5.56 Å². The highest BCUT2D eigenvalue weighted by atomic mass is 19.4. The topological polar surface area (TPSA) is 93.6 Å². The quantitative estimate of drug-likeness (QED) is 0.702. The number of amides is 1. The van der Waals surface area contributed by atoms with Gasteiger partial charge in [-0.3, -0.25) is 9.59 Å². The normalized spacial score (nSPS) is 11.4. The standard InChI is InChI=1S/C11H13F3N2O4/c12-11(13,14)8-2-1-7(9(19)15-8)10(20)16(3-5-17)4-6-18/h1-2,17-18H,3-6H2,(H,15,19). The van der Waals surface area contributed by atoms with Gasteiger partial charge in [0.2, 0.25) is 0 Å². The molecule has 1 aromatic rings. The van der Waals surface area contributed by atoms with Crippen molar-refractivity contribution in [3.63, 3.8) is 0 Å². The van der Waals surface area contributed by atoms with Gasteiger partial charge < -0.3 is 20.1 Å². The number of rotatable bonds is 5. The third kappa shape index (κ3) is 3.81. The van der Waals surface area contributed by atoms with Crippen molar-refractivity contribution in [2.45, 2.75) is 6.18 Å². The van der Waals surface area contributed by atoms with Crippen LogP contribution in [0.15, 0.2) is 16.9 Å². The Bertz CT molecular complexity index is 521. The molecule has 6 nitrogen and oxygen atoms in total. The number of hydrogen-bond acceptors (Lipinski definition) is 4. The number of aliphatic hydroxyl groups is 2. The van der Waals surface area contributed by atoms with E-state index in [-0.39, 0.29) is 13.1 Å². The van der Waals surface area contributed by atoms with Crippen molar-refractivity contribution >= 4 is 5.91 Å². The van der Waals surface area contributed by atoms with Gasteiger partial charge in [-0.15, -0.1) is 0 Å². The zero-order valence-electron chi connectivity index (χ0n) is 10.3. The molecule has 0 aliphatic carbocycles. The van der Waals surface area contributed by atoms with E-state index < -0.39 is 42.1 Å². The van der Waals surface area contributed by atoms with Crippen molar-refractivity contribution in [1.29, 1.82) is 0 Å². The molecule has 0 saturated heterocycles. The van der Waals surface area contributed by atoms with Crippen LogP contribution in [0.5, 0.6) is 0 Å². The lowest BCUT2D eigenvalue weighted by molar-refractivity contribution is -0.141. The summed E-state index contributed by atoms with van der Waals surface area (Å²) >= 11 is 0. The van der Waals surface area contributed by atoms with Gasteiger partial charge in [0.05, 0.1) is 13.2 Å². The molecule has 0 radical (unpaired) electrons. The summed E-state index contributed by atoms with van der Waals surface area (Å²) < 4.78 is 37.1. The third-order valence-corrected chi connectivity index (χ3v) is 2.47. The van der Waals surface area contributed by atoms with Crippen molar-refractivity contribution in [3.05, 3.63) is 33.7 Å². The van der Waals surface area contributed by atoms with Crippen LogP contribution in [-0.2, 0) is 6.18 Å². The van der Waals surface area contributed by atoms with Gasteiger partial charge in [0, 0.05) is 13.1 Å². The van der Waals surface area contributed by atoms with Gasteiger partial charge in [0.25, 0.3) is 11.5 Å². The molecule has 0 aliphatic heterocycles. The molecule has 112 valence electrons. The molecule has 9 heteroatoms. The number of aromatic amines is 1. The first-order valence-corrected chi connectivity index (χ1v) is 5.62. The highest BCUT2D eigenvalue weighted by molar-refractivity contribution is 5.93. The molecular formula is C11H13F3N2O4. The number of nitrogens with zero attached hydrogens (tertiary/aromatic N) is 1. The number of carbonyl (C=O) groups excluding carboxylic acids is 1. The summed E-state index contributed by atoms with van der Waals surface area (Å²) in [6, 6.07) is 1.36. The maximum atomic E-state index is 12.4. The van der Waals surface area contributed by atoms with Crippen molar-refractivity contribution in [1.82, 2.24) is 9.88 Å². The maximum Gasteiger partial charge on any atom is 0.431 e. The molecule has 1 amide bonds. The molecule has 0 spiro atoms. The molecule has 1 aromatic heterocycles. The van der Waals surface area contributed by atoms with Gasteiger partial charge in [-0.25, -0.2) is 0 Å². The number of aliphatic hydroxyl groups excluding tert-OH is 2. The summed E-state index contributed by atoms with van der Waals surface area (Å²) in [7, 11) is 0. The Labute approximate surface area is 111 Å². The predicted molar refractivity (Wildman–Crippen MR) is 62.1 cm³/mol. The lowest BCUT2D eigenvalue weighted by atomic mass is 10.2. The lowest BCUT2D eigenvalue weighted by Gasteiger charge is -2.20. The number of halogens is 3. The first kappa shape index (κ1) is 16.2. The van der Waals surface area contributed by atoms with E-state index in [0.29, 0.717) is 6.07 Å². The second-order valence-corrected chi connectivity index (χ2v) is 3.85. The fourth-order valence-electron chi connectivity index (χ4n) is 1.53. The minimum absolute atomic E-state index is 0.139. The summed E-state index contributed by atoms with van der Waals surface area (Å²) in [5.74, 6) is -0.858. The average molecular weight is 294 g/mol. The first-order valence-electron chi connectivity index (χ1n) is 5.62. The fraction of sp³-hybridized carbons (Fsp3) is 0.455. The zero-order valence-corrected chi connectivity index (χ0v) is 10.3. The number of alkyl halides is 3. The van der Waals surface area contributed by atoms with Crippen molar-refractivity contribution in [2.75, 3.05) is 26.3 Å². The maximum absolute atomic E-state index is 12.4. The molecule has 0 fully saturated rings. The number of carbonyl (C=O) groups is 1. The number of aromatic nitrogens is 1. The molecule has 1 rings (SSSR count). The summed E-state index contributed by atoms with van der Waals surface area (Å²) in [5.41, 5.74) is -2.92. The minimum Gasteiger partial charge on any atom is -0.395 e. The smallest absolute Gasteiger partial charge is 0.395 e. The summed E-state index contributed by atoms with van der Waals surface area (Å²) in [4.78, 5) is 26.0. The van der Waals surface area contributed by atoms with Crippen LogP contribution in [0.1, 0.15) is 16.1 Å². The first-order chi connectivity index (χ1) is 9.31. The van der Waals surface area contributed by atoms with Gasteiger partial charge in [0.1, 0.15) is 11.3 Å².